The van der Waals surface area contributed by atoms with Crippen LogP contribution in [0.15, 0.2) is 115 Å². The van der Waals surface area contributed by atoms with Crippen LogP contribution in [-0.4, -0.2) is 0 Å². The van der Waals surface area contributed by atoms with Crippen LogP contribution in [-0.2, 0) is 0 Å². The highest BCUT2D eigenvalue weighted by Crippen LogP contribution is 2.24. The van der Waals surface area contributed by atoms with E-state index in [1.807, 2.05) is 18.2 Å². The summed E-state index contributed by atoms with van der Waals surface area (Å²) < 4.78 is 0. The predicted molar refractivity (Wildman–Crippen MR) is 125 cm³/mol. The van der Waals surface area contributed by atoms with Crippen molar-refractivity contribution in [2.45, 2.75) is 27.2 Å². The van der Waals surface area contributed by atoms with Crippen LogP contribution in [0.4, 0.5) is 5.69 Å². The highest BCUT2D eigenvalue weighted by atomic mass is 14.9. The van der Waals surface area contributed by atoms with Crippen molar-refractivity contribution >= 4 is 5.69 Å². The lowest BCUT2D eigenvalue weighted by molar-refractivity contribution is 0.784. The van der Waals surface area contributed by atoms with Crippen LogP contribution in [0.25, 0.3) is 11.1 Å². The van der Waals surface area contributed by atoms with Crippen LogP contribution in [0.2, 0.25) is 0 Å². The molecule has 0 aliphatic heterocycles. The zero-order valence-electron chi connectivity index (χ0n) is 17.3. The van der Waals surface area contributed by atoms with E-state index in [0.717, 1.165) is 17.8 Å². The van der Waals surface area contributed by atoms with Crippen LogP contribution in [0.5, 0.6) is 0 Å². The van der Waals surface area contributed by atoms with Crippen LogP contribution in [0.1, 0.15) is 27.2 Å². The molecule has 28 heavy (non-hydrogen) atoms. The minimum absolute atomic E-state index is 0.349. The first-order valence-corrected chi connectivity index (χ1v) is 9.75. The van der Waals surface area contributed by atoms with Crippen molar-refractivity contribution in [1.29, 1.82) is 0 Å². The SMILES string of the molecule is C=CCC(/C=C\C)C(/C=C\C(=C)Nc1ccc(-c2ccccc2)cc1)=C(C)C. The second-order valence-electron chi connectivity index (χ2n) is 7.04. The van der Waals surface area contributed by atoms with Crippen molar-refractivity contribution in [2.75, 3.05) is 5.32 Å². The molecule has 0 bridgehead atoms. The summed E-state index contributed by atoms with van der Waals surface area (Å²) in [5.74, 6) is 0.349. The zero-order valence-corrected chi connectivity index (χ0v) is 17.3. The van der Waals surface area contributed by atoms with Gasteiger partial charge >= 0.3 is 0 Å². The highest BCUT2D eigenvalue weighted by Gasteiger charge is 2.08. The van der Waals surface area contributed by atoms with Gasteiger partial charge < -0.3 is 5.32 Å². The van der Waals surface area contributed by atoms with Gasteiger partial charge in [0.25, 0.3) is 0 Å². The standard InChI is InChI=1S/C27H31N/c1-6-11-25(12-7-2)27(21(3)4)20-15-22(5)28-26-18-16-24(17-19-26)23-13-9-8-10-14-23/h6-10,12-20,25,28H,1,5,11H2,2-4H3/b12-7-,20-15-. The first-order chi connectivity index (χ1) is 13.5. The van der Waals surface area contributed by atoms with E-state index in [2.05, 4.69) is 106 Å². The Hall–Kier alpha value is -3.06. The molecule has 0 heterocycles. The van der Waals surface area contributed by atoms with Gasteiger partial charge in [0.05, 0.1) is 0 Å². The summed E-state index contributed by atoms with van der Waals surface area (Å²) in [6.45, 7) is 14.4. The van der Waals surface area contributed by atoms with Gasteiger partial charge in [-0.1, -0.05) is 78.9 Å². The van der Waals surface area contributed by atoms with Crippen molar-refractivity contribution < 1.29 is 0 Å². The number of benzene rings is 2. The number of rotatable bonds is 9. The number of allylic oxidation sites excluding steroid dienone is 7. The summed E-state index contributed by atoms with van der Waals surface area (Å²) in [6, 6.07) is 18.8. The van der Waals surface area contributed by atoms with Gasteiger partial charge in [0.15, 0.2) is 0 Å². The zero-order chi connectivity index (χ0) is 20.4. The molecule has 0 aliphatic rings. The maximum atomic E-state index is 4.15. The summed E-state index contributed by atoms with van der Waals surface area (Å²) in [5, 5.41) is 3.38. The molecule has 144 valence electrons. The minimum Gasteiger partial charge on any atom is -0.356 e. The third-order valence-electron chi connectivity index (χ3n) is 4.58. The average Bonchev–Trinajstić information content (AvgIpc) is 2.69. The Morgan fingerprint density at radius 3 is 2.18 bits per heavy atom. The molecule has 1 atom stereocenters. The van der Waals surface area contributed by atoms with Crippen LogP contribution >= 0.6 is 0 Å². The predicted octanol–water partition coefficient (Wildman–Crippen LogP) is 7.94. The molecule has 0 amide bonds. The molecule has 1 heteroatoms. The largest absolute Gasteiger partial charge is 0.356 e. The molecule has 0 saturated carbocycles. The maximum Gasteiger partial charge on any atom is 0.0384 e. The van der Waals surface area contributed by atoms with E-state index in [-0.39, 0.29) is 0 Å². The lowest BCUT2D eigenvalue weighted by atomic mass is 9.91. The summed E-state index contributed by atoms with van der Waals surface area (Å²) in [6.07, 6.45) is 11.4. The second kappa shape index (κ2) is 10.9. The number of nitrogens with one attached hydrogen (secondary N) is 1. The van der Waals surface area contributed by atoms with E-state index in [4.69, 9.17) is 0 Å². The number of hydrogen-bond acceptors (Lipinski definition) is 1. The Morgan fingerprint density at radius 2 is 1.61 bits per heavy atom. The third-order valence-corrected chi connectivity index (χ3v) is 4.58. The van der Waals surface area contributed by atoms with Crippen LogP contribution in [0, 0.1) is 5.92 Å². The Kier molecular flexibility index (Phi) is 8.30. The van der Waals surface area contributed by atoms with E-state index in [1.54, 1.807) is 0 Å². The van der Waals surface area contributed by atoms with E-state index in [9.17, 15) is 0 Å². The van der Waals surface area contributed by atoms with Gasteiger partial charge in [-0.05, 0) is 62.1 Å². The lowest BCUT2D eigenvalue weighted by Gasteiger charge is -2.15. The topological polar surface area (TPSA) is 12.0 Å². The van der Waals surface area contributed by atoms with Crippen molar-refractivity contribution in [3.05, 3.63) is 115 Å². The summed E-state index contributed by atoms with van der Waals surface area (Å²) >= 11 is 0. The fraction of sp³-hybridized carbons (Fsp3) is 0.185. The highest BCUT2D eigenvalue weighted by molar-refractivity contribution is 5.66. The van der Waals surface area contributed by atoms with Gasteiger partial charge in [0, 0.05) is 17.3 Å². The van der Waals surface area contributed by atoms with Crippen LogP contribution in [0.3, 0.4) is 0 Å². The van der Waals surface area contributed by atoms with E-state index < -0.39 is 0 Å². The van der Waals surface area contributed by atoms with Gasteiger partial charge in [-0.25, -0.2) is 0 Å². The molecule has 0 radical (unpaired) electrons. The summed E-state index contributed by atoms with van der Waals surface area (Å²) in [4.78, 5) is 0. The molecular formula is C27H31N. The molecule has 0 saturated heterocycles. The Balaban J connectivity index is 2.07. The van der Waals surface area contributed by atoms with Crippen molar-refractivity contribution in [3.63, 3.8) is 0 Å². The molecule has 1 N–H and O–H groups in total. The van der Waals surface area contributed by atoms with Gasteiger partial charge in [-0.3, -0.25) is 0 Å². The lowest BCUT2D eigenvalue weighted by Crippen LogP contribution is -2.01. The van der Waals surface area contributed by atoms with E-state index in [0.29, 0.717) is 5.92 Å². The van der Waals surface area contributed by atoms with Gasteiger partial charge in [0.2, 0.25) is 0 Å². The van der Waals surface area contributed by atoms with Gasteiger partial charge in [-0.15, -0.1) is 6.58 Å². The number of anilines is 1. The first kappa shape index (κ1) is 21.2. The monoisotopic (exact) mass is 369 g/mol. The third kappa shape index (κ3) is 6.28. The molecule has 1 unspecified atom stereocenters. The van der Waals surface area contributed by atoms with Crippen molar-refractivity contribution in [2.24, 2.45) is 5.92 Å². The Morgan fingerprint density at radius 1 is 0.964 bits per heavy atom. The van der Waals surface area contributed by atoms with E-state index in [1.165, 1.54) is 22.3 Å². The molecule has 0 aliphatic carbocycles. The maximum absolute atomic E-state index is 4.15. The van der Waals surface area contributed by atoms with Gasteiger partial charge in [-0.2, -0.15) is 0 Å². The Bertz CT molecular complexity index is 860. The normalized spacial score (nSPS) is 12.1. The number of hydrogen-bond donors (Lipinski definition) is 1. The Labute approximate surface area is 170 Å². The molecule has 2 rings (SSSR count). The molecule has 0 spiro atoms. The second-order valence-corrected chi connectivity index (χ2v) is 7.04. The molecular weight excluding hydrogens is 338 g/mol. The van der Waals surface area contributed by atoms with Crippen molar-refractivity contribution in [1.82, 2.24) is 0 Å². The van der Waals surface area contributed by atoms with Gasteiger partial charge in [0.1, 0.15) is 0 Å². The first-order valence-electron chi connectivity index (χ1n) is 9.75. The fourth-order valence-electron chi connectivity index (χ4n) is 3.18. The van der Waals surface area contributed by atoms with Crippen LogP contribution < -0.4 is 5.32 Å². The fourth-order valence-corrected chi connectivity index (χ4v) is 3.18. The molecule has 2 aromatic rings. The molecule has 2 aromatic carbocycles. The average molecular weight is 370 g/mol. The molecule has 0 aromatic heterocycles. The minimum atomic E-state index is 0.349. The molecule has 0 fully saturated rings. The smallest absolute Gasteiger partial charge is 0.0384 e. The molecule has 1 nitrogen and oxygen atoms in total. The van der Waals surface area contributed by atoms with Crippen molar-refractivity contribution in [3.8, 4) is 11.1 Å². The van der Waals surface area contributed by atoms with E-state index >= 15 is 0 Å². The quantitative estimate of drug-likeness (QED) is 0.349. The summed E-state index contributed by atoms with van der Waals surface area (Å²) in [7, 11) is 0. The summed E-state index contributed by atoms with van der Waals surface area (Å²) in [5.41, 5.74) is 6.94.